The molecule has 1 aliphatic heterocycles. The minimum Gasteiger partial charge on any atom is -0.493 e. The minimum atomic E-state index is -0.805. The standard InChI is InChI=1S/C28H28N2O8S/c1-7-37-22-12-17(8-10-20(22)38-16(3)31)13-23-26(32)30-25(18-9-11-19(34-4)21(14-18)35-5)24(27(33)36-6)15(2)29-28(30)39-23/h8-14,25H,7H2,1-6H3/b23-13+/t25-/m0/s1. The topological polar surface area (TPSA) is 115 Å². The van der Waals surface area contributed by atoms with Gasteiger partial charge in [0.15, 0.2) is 27.8 Å². The van der Waals surface area contributed by atoms with E-state index in [0.29, 0.717) is 50.0 Å². The molecule has 2 heterocycles. The summed E-state index contributed by atoms with van der Waals surface area (Å²) in [6.45, 7) is 5.20. The lowest BCUT2D eigenvalue weighted by atomic mass is 9.95. The van der Waals surface area contributed by atoms with Gasteiger partial charge in [-0.25, -0.2) is 9.79 Å². The van der Waals surface area contributed by atoms with Crippen LogP contribution in [0.25, 0.3) is 6.08 Å². The first-order chi connectivity index (χ1) is 18.7. The van der Waals surface area contributed by atoms with E-state index in [1.807, 2.05) is 6.92 Å². The molecule has 2 aromatic carbocycles. The van der Waals surface area contributed by atoms with Gasteiger partial charge in [0.25, 0.3) is 5.56 Å². The number of thiazole rings is 1. The van der Waals surface area contributed by atoms with Gasteiger partial charge in [-0.15, -0.1) is 0 Å². The molecule has 0 radical (unpaired) electrons. The molecule has 0 bridgehead atoms. The van der Waals surface area contributed by atoms with Crippen LogP contribution in [-0.2, 0) is 14.3 Å². The van der Waals surface area contributed by atoms with Crippen molar-refractivity contribution < 1.29 is 33.3 Å². The van der Waals surface area contributed by atoms with Crippen molar-refractivity contribution in [2.24, 2.45) is 4.99 Å². The average Bonchev–Trinajstić information content (AvgIpc) is 3.22. The third kappa shape index (κ3) is 5.44. The summed E-state index contributed by atoms with van der Waals surface area (Å²) < 4.78 is 28.6. The lowest BCUT2D eigenvalue weighted by Crippen LogP contribution is -2.39. The number of hydrogen-bond acceptors (Lipinski definition) is 10. The normalized spacial score (nSPS) is 14.8. The quantitative estimate of drug-likeness (QED) is 0.310. The molecule has 0 spiro atoms. The maximum absolute atomic E-state index is 13.8. The molecular formula is C28H28N2O8S. The number of aromatic nitrogens is 1. The van der Waals surface area contributed by atoms with Gasteiger partial charge < -0.3 is 23.7 Å². The zero-order valence-corrected chi connectivity index (χ0v) is 23.2. The van der Waals surface area contributed by atoms with Crippen LogP contribution in [0.1, 0.15) is 37.9 Å². The fraction of sp³-hybridized carbons (Fsp3) is 0.286. The van der Waals surface area contributed by atoms with Crippen LogP contribution in [0.2, 0.25) is 0 Å². The molecule has 10 nitrogen and oxygen atoms in total. The van der Waals surface area contributed by atoms with Crippen molar-refractivity contribution >= 4 is 29.4 Å². The first kappa shape index (κ1) is 27.6. The number of hydrogen-bond donors (Lipinski definition) is 0. The Labute approximate surface area is 228 Å². The molecule has 0 saturated carbocycles. The SMILES string of the molecule is CCOc1cc(/C=c2/sc3n(c2=O)[C@@H](c2ccc(OC)c(OC)c2)C(C(=O)OC)=C(C)N=3)ccc1OC(C)=O. The van der Waals surface area contributed by atoms with Crippen LogP contribution < -0.4 is 33.8 Å². The molecule has 3 aromatic rings. The minimum absolute atomic E-state index is 0.244. The fourth-order valence-electron chi connectivity index (χ4n) is 4.30. The molecule has 1 aliphatic rings. The summed E-state index contributed by atoms with van der Waals surface area (Å²) in [6.07, 6.45) is 1.70. The van der Waals surface area contributed by atoms with E-state index in [9.17, 15) is 14.4 Å². The van der Waals surface area contributed by atoms with Gasteiger partial charge in [-0.1, -0.05) is 23.5 Å². The zero-order valence-electron chi connectivity index (χ0n) is 22.4. The van der Waals surface area contributed by atoms with E-state index >= 15 is 0 Å². The highest BCUT2D eigenvalue weighted by atomic mass is 32.1. The highest BCUT2D eigenvalue weighted by molar-refractivity contribution is 7.07. The third-order valence-electron chi connectivity index (χ3n) is 5.97. The summed E-state index contributed by atoms with van der Waals surface area (Å²) in [5.41, 5.74) is 1.63. The number of rotatable bonds is 8. The molecule has 0 saturated heterocycles. The summed E-state index contributed by atoms with van der Waals surface area (Å²) in [5, 5.41) is 0. The smallest absolute Gasteiger partial charge is 0.338 e. The van der Waals surface area contributed by atoms with Gasteiger partial charge in [0.2, 0.25) is 0 Å². The molecule has 0 amide bonds. The maximum Gasteiger partial charge on any atom is 0.338 e. The Balaban J connectivity index is 1.91. The van der Waals surface area contributed by atoms with Gasteiger partial charge >= 0.3 is 11.9 Å². The number of nitrogens with zero attached hydrogens (tertiary/aromatic N) is 2. The van der Waals surface area contributed by atoms with Crippen LogP contribution in [0.4, 0.5) is 0 Å². The highest BCUT2D eigenvalue weighted by Crippen LogP contribution is 2.36. The number of ether oxygens (including phenoxy) is 5. The van der Waals surface area contributed by atoms with Crippen molar-refractivity contribution in [1.29, 1.82) is 0 Å². The van der Waals surface area contributed by atoms with E-state index in [2.05, 4.69) is 4.99 Å². The molecule has 1 atom stereocenters. The predicted octanol–water partition coefficient (Wildman–Crippen LogP) is 2.75. The van der Waals surface area contributed by atoms with Crippen molar-refractivity contribution in [3.8, 4) is 23.0 Å². The van der Waals surface area contributed by atoms with Crippen molar-refractivity contribution in [2.45, 2.75) is 26.8 Å². The van der Waals surface area contributed by atoms with E-state index in [1.54, 1.807) is 49.4 Å². The first-order valence-corrected chi connectivity index (χ1v) is 12.8. The molecule has 1 aromatic heterocycles. The fourth-order valence-corrected chi connectivity index (χ4v) is 5.35. The molecule has 204 valence electrons. The van der Waals surface area contributed by atoms with E-state index < -0.39 is 18.0 Å². The molecule has 39 heavy (non-hydrogen) atoms. The van der Waals surface area contributed by atoms with Gasteiger partial charge in [-0.2, -0.15) is 0 Å². The van der Waals surface area contributed by atoms with E-state index in [-0.39, 0.29) is 16.9 Å². The first-order valence-electron chi connectivity index (χ1n) is 12.0. The molecule has 4 rings (SSSR count). The Hall–Kier alpha value is -4.38. The third-order valence-corrected chi connectivity index (χ3v) is 6.95. The van der Waals surface area contributed by atoms with Gasteiger partial charge in [0.05, 0.1) is 49.8 Å². The highest BCUT2D eigenvalue weighted by Gasteiger charge is 2.33. The lowest BCUT2D eigenvalue weighted by Gasteiger charge is -2.25. The summed E-state index contributed by atoms with van der Waals surface area (Å²) in [4.78, 5) is 43.2. The van der Waals surface area contributed by atoms with Gasteiger partial charge in [-0.3, -0.25) is 14.2 Å². The molecule has 0 N–H and O–H groups in total. The Kier molecular flexibility index (Phi) is 8.20. The predicted molar refractivity (Wildman–Crippen MR) is 144 cm³/mol. The maximum atomic E-state index is 13.8. The molecule has 0 unspecified atom stereocenters. The second-order valence-electron chi connectivity index (χ2n) is 8.42. The van der Waals surface area contributed by atoms with E-state index in [1.165, 1.54) is 44.2 Å². The van der Waals surface area contributed by atoms with Gasteiger partial charge in [0.1, 0.15) is 0 Å². The Morgan fingerprint density at radius 1 is 1.03 bits per heavy atom. The van der Waals surface area contributed by atoms with Crippen molar-refractivity contribution in [1.82, 2.24) is 4.57 Å². The van der Waals surface area contributed by atoms with Crippen LogP contribution in [0.15, 0.2) is 57.5 Å². The van der Waals surface area contributed by atoms with Gasteiger partial charge in [-0.05, 0) is 55.3 Å². The average molecular weight is 553 g/mol. The second kappa shape index (κ2) is 11.6. The molecular weight excluding hydrogens is 524 g/mol. The van der Waals surface area contributed by atoms with Crippen LogP contribution in [0.3, 0.4) is 0 Å². The number of allylic oxidation sites excluding steroid dienone is 1. The van der Waals surface area contributed by atoms with E-state index in [4.69, 9.17) is 23.7 Å². The van der Waals surface area contributed by atoms with Crippen LogP contribution in [0, 0.1) is 0 Å². The number of methoxy groups -OCH3 is 3. The van der Waals surface area contributed by atoms with Crippen LogP contribution >= 0.6 is 11.3 Å². The number of carbonyl (C=O) groups excluding carboxylic acids is 2. The number of carbonyl (C=O) groups is 2. The number of fused-ring (bicyclic) bond motifs is 1. The Bertz CT molecular complexity index is 1650. The molecule has 0 aliphatic carbocycles. The van der Waals surface area contributed by atoms with Crippen molar-refractivity contribution in [3.05, 3.63) is 78.5 Å². The summed E-state index contributed by atoms with van der Waals surface area (Å²) in [7, 11) is 4.33. The Morgan fingerprint density at radius 2 is 1.74 bits per heavy atom. The van der Waals surface area contributed by atoms with E-state index in [0.717, 1.165) is 0 Å². The van der Waals surface area contributed by atoms with Crippen LogP contribution in [0.5, 0.6) is 23.0 Å². The Morgan fingerprint density at radius 3 is 2.38 bits per heavy atom. The van der Waals surface area contributed by atoms with Crippen molar-refractivity contribution in [2.75, 3.05) is 27.9 Å². The number of esters is 2. The summed E-state index contributed by atoms with van der Waals surface area (Å²) in [6, 6.07) is 9.43. The van der Waals surface area contributed by atoms with Gasteiger partial charge in [0, 0.05) is 6.92 Å². The van der Waals surface area contributed by atoms with Crippen LogP contribution in [-0.4, -0.2) is 44.4 Å². The monoisotopic (exact) mass is 552 g/mol. The molecule has 0 fully saturated rings. The zero-order chi connectivity index (χ0) is 28.3. The summed E-state index contributed by atoms with van der Waals surface area (Å²) >= 11 is 1.19. The second-order valence-corrected chi connectivity index (χ2v) is 9.43. The van der Waals surface area contributed by atoms with Crippen molar-refractivity contribution in [3.63, 3.8) is 0 Å². The number of benzene rings is 2. The molecule has 11 heteroatoms. The summed E-state index contributed by atoms with van der Waals surface area (Å²) in [5.74, 6) is 0.566. The lowest BCUT2D eigenvalue weighted by molar-refractivity contribution is -0.136. The largest absolute Gasteiger partial charge is 0.493 e.